The van der Waals surface area contributed by atoms with Crippen molar-refractivity contribution in [2.75, 3.05) is 11.9 Å². The standard InChI is InChI=1S/C15H21NO3S/c1-4-19-15(18)13-10-6-5-7-11(10)20-14(13)16-12(17)8-9(2)3/h9H,4-8H2,1-3H3,(H,16,17). The van der Waals surface area contributed by atoms with Crippen molar-refractivity contribution in [3.63, 3.8) is 0 Å². The molecule has 0 aliphatic heterocycles. The number of ether oxygens (including phenoxy) is 1. The zero-order valence-electron chi connectivity index (χ0n) is 12.2. The lowest BCUT2D eigenvalue weighted by atomic mass is 10.1. The average molecular weight is 295 g/mol. The van der Waals surface area contributed by atoms with Gasteiger partial charge in [-0.25, -0.2) is 4.79 Å². The molecule has 0 saturated carbocycles. The van der Waals surface area contributed by atoms with Crippen LogP contribution in [0, 0.1) is 5.92 Å². The van der Waals surface area contributed by atoms with Crippen LogP contribution < -0.4 is 5.32 Å². The van der Waals surface area contributed by atoms with E-state index < -0.39 is 0 Å². The maximum absolute atomic E-state index is 12.1. The molecular weight excluding hydrogens is 274 g/mol. The van der Waals surface area contributed by atoms with Crippen LogP contribution in [0.25, 0.3) is 0 Å². The van der Waals surface area contributed by atoms with E-state index in [1.807, 2.05) is 13.8 Å². The minimum atomic E-state index is -0.313. The molecule has 1 N–H and O–H groups in total. The number of carbonyl (C=O) groups excluding carboxylic acids is 2. The fraction of sp³-hybridized carbons (Fsp3) is 0.600. The molecule has 1 aromatic heterocycles. The summed E-state index contributed by atoms with van der Waals surface area (Å²) >= 11 is 1.53. The van der Waals surface area contributed by atoms with Gasteiger partial charge in [-0.1, -0.05) is 13.8 Å². The van der Waals surface area contributed by atoms with Gasteiger partial charge < -0.3 is 10.1 Å². The largest absolute Gasteiger partial charge is 0.462 e. The Kier molecular flexibility index (Phi) is 4.81. The van der Waals surface area contributed by atoms with E-state index in [0.717, 1.165) is 24.8 Å². The number of anilines is 1. The fourth-order valence-corrected chi connectivity index (χ4v) is 3.75. The first-order chi connectivity index (χ1) is 9.52. The third kappa shape index (κ3) is 3.20. The molecule has 0 fully saturated rings. The molecule has 4 nitrogen and oxygen atoms in total. The molecule has 0 radical (unpaired) electrons. The molecule has 20 heavy (non-hydrogen) atoms. The number of fused-ring (bicyclic) bond motifs is 1. The van der Waals surface area contributed by atoms with E-state index in [1.54, 1.807) is 6.92 Å². The Bertz CT molecular complexity index is 519. The minimum absolute atomic E-state index is 0.0366. The molecule has 0 spiro atoms. The van der Waals surface area contributed by atoms with Crippen molar-refractivity contribution in [1.82, 2.24) is 0 Å². The Morgan fingerprint density at radius 1 is 1.35 bits per heavy atom. The summed E-state index contributed by atoms with van der Waals surface area (Å²) in [4.78, 5) is 25.3. The van der Waals surface area contributed by atoms with Gasteiger partial charge in [0.1, 0.15) is 5.00 Å². The van der Waals surface area contributed by atoms with E-state index in [2.05, 4.69) is 5.32 Å². The molecule has 0 saturated heterocycles. The zero-order chi connectivity index (χ0) is 14.7. The van der Waals surface area contributed by atoms with E-state index in [9.17, 15) is 9.59 Å². The molecule has 1 heterocycles. The van der Waals surface area contributed by atoms with E-state index >= 15 is 0 Å². The number of amides is 1. The van der Waals surface area contributed by atoms with Crippen LogP contribution in [-0.2, 0) is 22.4 Å². The Hall–Kier alpha value is -1.36. The maximum atomic E-state index is 12.1. The highest BCUT2D eigenvalue weighted by Gasteiger charge is 2.28. The van der Waals surface area contributed by atoms with Crippen molar-refractivity contribution in [1.29, 1.82) is 0 Å². The second-order valence-electron chi connectivity index (χ2n) is 5.43. The molecule has 0 atom stereocenters. The normalized spacial score (nSPS) is 13.4. The SMILES string of the molecule is CCOC(=O)c1c(NC(=O)CC(C)C)sc2c1CCC2. The van der Waals surface area contributed by atoms with Crippen molar-refractivity contribution >= 4 is 28.2 Å². The van der Waals surface area contributed by atoms with Gasteiger partial charge in [-0.2, -0.15) is 0 Å². The number of hydrogen-bond donors (Lipinski definition) is 1. The Morgan fingerprint density at radius 3 is 2.75 bits per heavy atom. The van der Waals surface area contributed by atoms with Gasteiger partial charge in [-0.3, -0.25) is 4.79 Å². The van der Waals surface area contributed by atoms with Crippen molar-refractivity contribution in [3.05, 3.63) is 16.0 Å². The quantitative estimate of drug-likeness (QED) is 0.847. The molecule has 1 aliphatic rings. The number of rotatable bonds is 5. The molecule has 0 aromatic carbocycles. The van der Waals surface area contributed by atoms with Gasteiger partial charge in [-0.15, -0.1) is 11.3 Å². The van der Waals surface area contributed by atoms with Crippen LogP contribution in [0.3, 0.4) is 0 Å². The van der Waals surface area contributed by atoms with Crippen LogP contribution in [0.5, 0.6) is 0 Å². The maximum Gasteiger partial charge on any atom is 0.341 e. The molecule has 2 rings (SSSR count). The van der Waals surface area contributed by atoms with Crippen LogP contribution in [0.15, 0.2) is 0 Å². The summed E-state index contributed by atoms with van der Waals surface area (Å²) < 4.78 is 5.13. The second kappa shape index (κ2) is 6.39. The van der Waals surface area contributed by atoms with Crippen LogP contribution >= 0.6 is 11.3 Å². The van der Waals surface area contributed by atoms with E-state index in [-0.39, 0.29) is 11.9 Å². The van der Waals surface area contributed by atoms with Crippen LogP contribution in [0.4, 0.5) is 5.00 Å². The van der Waals surface area contributed by atoms with E-state index in [4.69, 9.17) is 4.74 Å². The monoisotopic (exact) mass is 295 g/mol. The van der Waals surface area contributed by atoms with Crippen molar-refractivity contribution in [3.8, 4) is 0 Å². The van der Waals surface area contributed by atoms with E-state index in [1.165, 1.54) is 16.2 Å². The summed E-state index contributed by atoms with van der Waals surface area (Å²) in [7, 11) is 0. The number of esters is 1. The van der Waals surface area contributed by atoms with Gasteiger partial charge >= 0.3 is 5.97 Å². The third-order valence-electron chi connectivity index (χ3n) is 3.25. The predicted molar refractivity (Wildman–Crippen MR) is 80.4 cm³/mol. The summed E-state index contributed by atoms with van der Waals surface area (Å²) in [5.41, 5.74) is 1.66. The summed E-state index contributed by atoms with van der Waals surface area (Å²) in [5.74, 6) is -0.0509. The Labute approximate surface area is 123 Å². The smallest absolute Gasteiger partial charge is 0.341 e. The van der Waals surface area contributed by atoms with Gasteiger partial charge in [0, 0.05) is 11.3 Å². The van der Waals surface area contributed by atoms with Crippen LogP contribution in [-0.4, -0.2) is 18.5 Å². The van der Waals surface area contributed by atoms with Gasteiger partial charge in [0.2, 0.25) is 5.91 Å². The van der Waals surface area contributed by atoms with Gasteiger partial charge in [0.15, 0.2) is 0 Å². The highest BCUT2D eigenvalue weighted by atomic mass is 32.1. The third-order valence-corrected chi connectivity index (χ3v) is 4.45. The molecule has 110 valence electrons. The molecular formula is C15H21NO3S. The second-order valence-corrected chi connectivity index (χ2v) is 6.53. The number of thiophene rings is 1. The van der Waals surface area contributed by atoms with Crippen molar-refractivity contribution in [2.24, 2.45) is 5.92 Å². The lowest BCUT2D eigenvalue weighted by Gasteiger charge is -2.09. The molecule has 1 aliphatic carbocycles. The van der Waals surface area contributed by atoms with E-state index in [0.29, 0.717) is 29.5 Å². The minimum Gasteiger partial charge on any atom is -0.462 e. The molecule has 5 heteroatoms. The fourth-order valence-electron chi connectivity index (χ4n) is 2.46. The van der Waals surface area contributed by atoms with Gasteiger partial charge in [-0.05, 0) is 37.7 Å². The molecule has 0 unspecified atom stereocenters. The predicted octanol–water partition coefficient (Wildman–Crippen LogP) is 3.40. The highest BCUT2D eigenvalue weighted by molar-refractivity contribution is 7.17. The summed E-state index contributed by atoms with van der Waals surface area (Å²) in [6.45, 7) is 6.14. The lowest BCUT2D eigenvalue weighted by Crippen LogP contribution is -2.16. The summed E-state index contributed by atoms with van der Waals surface area (Å²) in [6, 6.07) is 0. The lowest BCUT2D eigenvalue weighted by molar-refractivity contribution is -0.116. The van der Waals surface area contributed by atoms with Gasteiger partial charge in [0.05, 0.1) is 12.2 Å². The first-order valence-electron chi connectivity index (χ1n) is 7.14. The van der Waals surface area contributed by atoms with Crippen LogP contribution in [0.1, 0.15) is 54.4 Å². The number of nitrogens with one attached hydrogen (secondary N) is 1. The highest BCUT2D eigenvalue weighted by Crippen LogP contribution is 2.39. The molecule has 0 bridgehead atoms. The first kappa shape index (κ1) is 15.0. The summed E-state index contributed by atoms with van der Waals surface area (Å²) in [6.07, 6.45) is 3.44. The Morgan fingerprint density at radius 2 is 2.10 bits per heavy atom. The molecule has 1 amide bonds. The van der Waals surface area contributed by atoms with Crippen molar-refractivity contribution < 1.29 is 14.3 Å². The molecule has 1 aromatic rings. The zero-order valence-corrected chi connectivity index (χ0v) is 13.1. The Balaban J connectivity index is 2.24. The van der Waals surface area contributed by atoms with Gasteiger partial charge in [0.25, 0.3) is 0 Å². The first-order valence-corrected chi connectivity index (χ1v) is 7.96. The van der Waals surface area contributed by atoms with Crippen molar-refractivity contribution in [2.45, 2.75) is 46.5 Å². The topological polar surface area (TPSA) is 55.4 Å². The van der Waals surface area contributed by atoms with Crippen LogP contribution in [0.2, 0.25) is 0 Å². The number of aryl methyl sites for hydroxylation is 1. The average Bonchev–Trinajstić information content (AvgIpc) is 2.87. The summed E-state index contributed by atoms with van der Waals surface area (Å²) in [5, 5.41) is 3.55. The number of hydrogen-bond acceptors (Lipinski definition) is 4. The number of carbonyl (C=O) groups is 2.